The van der Waals surface area contributed by atoms with Gasteiger partial charge in [0.05, 0.1) is 18.4 Å². The highest BCUT2D eigenvalue weighted by molar-refractivity contribution is 6.07. The lowest BCUT2D eigenvalue weighted by molar-refractivity contribution is -0.118. The molecule has 0 bridgehead atoms. The number of nitrogens with one attached hydrogen (secondary N) is 1. The number of benzene rings is 2. The van der Waals surface area contributed by atoms with Crippen molar-refractivity contribution in [3.05, 3.63) is 35.9 Å². The van der Waals surface area contributed by atoms with Gasteiger partial charge in [-0.3, -0.25) is 4.79 Å². The van der Waals surface area contributed by atoms with Gasteiger partial charge in [0.25, 0.3) is 0 Å². The molecule has 0 aromatic heterocycles. The summed E-state index contributed by atoms with van der Waals surface area (Å²) in [5, 5.41) is 14.1. The molecule has 0 fully saturated rings. The Morgan fingerprint density at radius 2 is 1.95 bits per heavy atom. The van der Waals surface area contributed by atoms with E-state index >= 15 is 0 Å². The van der Waals surface area contributed by atoms with E-state index in [1.54, 1.807) is 38.1 Å². The van der Waals surface area contributed by atoms with Gasteiger partial charge in [0.1, 0.15) is 5.75 Å². The van der Waals surface area contributed by atoms with Gasteiger partial charge in [-0.05, 0) is 23.6 Å². The number of aromatic hydroxyl groups is 1. The third kappa shape index (κ3) is 2.97. The molecule has 0 aliphatic heterocycles. The summed E-state index contributed by atoms with van der Waals surface area (Å²) < 4.78 is 4.65. The summed E-state index contributed by atoms with van der Waals surface area (Å²) in [6.07, 6.45) is 0. The lowest BCUT2D eigenvalue weighted by Crippen LogP contribution is -2.17. The Morgan fingerprint density at radius 1 is 1.24 bits per heavy atom. The minimum atomic E-state index is -0.524. The molecule has 21 heavy (non-hydrogen) atoms. The fourth-order valence-electron chi connectivity index (χ4n) is 2.02. The number of phenolic OH excluding ortho intramolecular Hbond substituents is 1. The largest absolute Gasteiger partial charge is 0.507 e. The van der Waals surface area contributed by atoms with E-state index in [4.69, 9.17) is 0 Å². The first-order valence-electron chi connectivity index (χ1n) is 6.59. The molecule has 0 aliphatic carbocycles. The van der Waals surface area contributed by atoms with Crippen molar-refractivity contribution >= 4 is 28.3 Å². The molecular weight excluding hydrogens is 270 g/mol. The topological polar surface area (TPSA) is 75.6 Å². The van der Waals surface area contributed by atoms with Gasteiger partial charge in [-0.15, -0.1) is 0 Å². The molecule has 1 amide bonds. The number of ether oxygens (including phenoxy) is 1. The van der Waals surface area contributed by atoms with Gasteiger partial charge in [0, 0.05) is 11.3 Å². The van der Waals surface area contributed by atoms with Crippen molar-refractivity contribution < 1.29 is 19.4 Å². The molecule has 0 spiro atoms. The molecule has 2 aromatic carbocycles. The first-order chi connectivity index (χ1) is 9.93. The van der Waals surface area contributed by atoms with Crippen LogP contribution < -0.4 is 5.32 Å². The highest BCUT2D eigenvalue weighted by Gasteiger charge is 2.15. The fourth-order valence-corrected chi connectivity index (χ4v) is 2.02. The Morgan fingerprint density at radius 3 is 2.57 bits per heavy atom. The third-order valence-electron chi connectivity index (χ3n) is 3.16. The van der Waals surface area contributed by atoms with Crippen LogP contribution in [0.5, 0.6) is 5.75 Å². The molecule has 2 rings (SSSR count). The summed E-state index contributed by atoms with van der Waals surface area (Å²) in [5.74, 6) is -0.910. The maximum atomic E-state index is 11.8. The molecule has 0 heterocycles. The van der Waals surface area contributed by atoms with Crippen LogP contribution in [0.25, 0.3) is 10.8 Å². The summed E-state index contributed by atoms with van der Waals surface area (Å²) in [6.45, 7) is 3.57. The quantitative estimate of drug-likeness (QED) is 0.851. The van der Waals surface area contributed by atoms with Gasteiger partial charge in [-0.2, -0.15) is 0 Å². The number of esters is 1. The van der Waals surface area contributed by atoms with E-state index in [1.807, 2.05) is 0 Å². The van der Waals surface area contributed by atoms with Crippen LogP contribution in [0.4, 0.5) is 5.69 Å². The van der Waals surface area contributed by atoms with Gasteiger partial charge in [-0.25, -0.2) is 4.79 Å². The van der Waals surface area contributed by atoms with Crippen LogP contribution in [-0.4, -0.2) is 24.1 Å². The zero-order chi connectivity index (χ0) is 15.6. The Hall–Kier alpha value is -2.56. The molecule has 2 aromatic rings. The number of hydrogen-bond acceptors (Lipinski definition) is 4. The summed E-state index contributed by atoms with van der Waals surface area (Å²) >= 11 is 0. The third-order valence-corrected chi connectivity index (χ3v) is 3.16. The van der Waals surface area contributed by atoms with E-state index < -0.39 is 5.97 Å². The van der Waals surface area contributed by atoms with Crippen molar-refractivity contribution in [3.8, 4) is 5.75 Å². The number of amides is 1. The second-order valence-electron chi connectivity index (χ2n) is 5.03. The van der Waals surface area contributed by atoms with Crippen LogP contribution in [0.15, 0.2) is 30.3 Å². The Labute approximate surface area is 122 Å². The number of methoxy groups -OCH3 is 1. The zero-order valence-corrected chi connectivity index (χ0v) is 12.1. The van der Waals surface area contributed by atoms with Crippen molar-refractivity contribution in [3.63, 3.8) is 0 Å². The lowest BCUT2D eigenvalue weighted by Gasteiger charge is -2.12. The van der Waals surface area contributed by atoms with Crippen LogP contribution in [0.1, 0.15) is 24.2 Å². The maximum absolute atomic E-state index is 11.8. The van der Waals surface area contributed by atoms with Crippen LogP contribution in [0.2, 0.25) is 0 Å². The number of carbonyl (C=O) groups excluding carboxylic acids is 2. The Kier molecular flexibility index (Phi) is 4.12. The average Bonchev–Trinajstić information content (AvgIpc) is 2.45. The van der Waals surface area contributed by atoms with Crippen molar-refractivity contribution in [1.29, 1.82) is 0 Å². The van der Waals surface area contributed by atoms with E-state index in [9.17, 15) is 14.7 Å². The van der Waals surface area contributed by atoms with Gasteiger partial charge in [-0.1, -0.05) is 26.0 Å². The number of carbonyl (C=O) groups is 2. The number of rotatable bonds is 3. The highest BCUT2D eigenvalue weighted by atomic mass is 16.5. The summed E-state index contributed by atoms with van der Waals surface area (Å²) in [7, 11) is 1.28. The molecule has 2 N–H and O–H groups in total. The minimum Gasteiger partial charge on any atom is -0.507 e. The van der Waals surface area contributed by atoms with Gasteiger partial charge in [0.15, 0.2) is 0 Å². The van der Waals surface area contributed by atoms with Crippen LogP contribution in [0.3, 0.4) is 0 Å². The fraction of sp³-hybridized carbons (Fsp3) is 0.250. The molecule has 0 saturated carbocycles. The van der Waals surface area contributed by atoms with E-state index in [0.717, 1.165) is 0 Å². The lowest BCUT2D eigenvalue weighted by atomic mass is 10.0. The van der Waals surface area contributed by atoms with E-state index in [1.165, 1.54) is 13.2 Å². The van der Waals surface area contributed by atoms with E-state index in [-0.39, 0.29) is 23.1 Å². The first-order valence-corrected chi connectivity index (χ1v) is 6.59. The molecule has 5 heteroatoms. The highest BCUT2D eigenvalue weighted by Crippen LogP contribution is 2.33. The molecule has 5 nitrogen and oxygen atoms in total. The number of fused-ring (bicyclic) bond motifs is 1. The molecule has 110 valence electrons. The van der Waals surface area contributed by atoms with Crippen molar-refractivity contribution in [2.24, 2.45) is 5.92 Å². The normalized spacial score (nSPS) is 10.7. The minimum absolute atomic E-state index is 0.0763. The smallest absolute Gasteiger partial charge is 0.338 e. The van der Waals surface area contributed by atoms with Gasteiger partial charge < -0.3 is 15.2 Å². The number of phenols is 1. The van der Waals surface area contributed by atoms with Crippen LogP contribution >= 0.6 is 0 Å². The van der Waals surface area contributed by atoms with E-state index in [2.05, 4.69) is 10.1 Å². The van der Waals surface area contributed by atoms with Crippen molar-refractivity contribution in [2.45, 2.75) is 13.8 Å². The van der Waals surface area contributed by atoms with E-state index in [0.29, 0.717) is 16.5 Å². The van der Waals surface area contributed by atoms with Crippen molar-refractivity contribution in [1.82, 2.24) is 0 Å². The Bertz CT molecular complexity index is 707. The molecule has 0 atom stereocenters. The number of hydrogen-bond donors (Lipinski definition) is 2. The monoisotopic (exact) mass is 287 g/mol. The molecular formula is C16H17NO4. The van der Waals surface area contributed by atoms with Gasteiger partial charge in [0.2, 0.25) is 5.91 Å². The summed E-state index contributed by atoms with van der Waals surface area (Å²) in [4.78, 5) is 23.4. The predicted molar refractivity (Wildman–Crippen MR) is 80.4 cm³/mol. The van der Waals surface area contributed by atoms with Crippen LogP contribution in [0, 0.1) is 5.92 Å². The zero-order valence-electron chi connectivity index (χ0n) is 12.1. The SMILES string of the molecule is COC(=O)c1cc(O)c2c(NC(=O)C(C)C)cccc2c1. The predicted octanol–water partition coefficient (Wildman–Crippen LogP) is 2.93. The van der Waals surface area contributed by atoms with Crippen LogP contribution in [-0.2, 0) is 9.53 Å². The molecule has 0 aliphatic rings. The summed E-state index contributed by atoms with van der Waals surface area (Å²) in [5.41, 5.74) is 0.773. The second-order valence-corrected chi connectivity index (χ2v) is 5.03. The van der Waals surface area contributed by atoms with Crippen molar-refractivity contribution in [2.75, 3.05) is 12.4 Å². The maximum Gasteiger partial charge on any atom is 0.338 e. The first kappa shape index (κ1) is 14.8. The summed E-state index contributed by atoms with van der Waals surface area (Å²) in [6, 6.07) is 8.16. The molecule has 0 radical (unpaired) electrons. The Balaban J connectivity index is 2.55. The second kappa shape index (κ2) is 5.83. The molecule has 0 saturated heterocycles. The number of anilines is 1. The van der Waals surface area contributed by atoms with Gasteiger partial charge >= 0.3 is 5.97 Å². The average molecular weight is 287 g/mol. The standard InChI is InChI=1S/C16H17NO4/c1-9(2)15(19)17-12-6-4-5-10-7-11(16(20)21-3)8-13(18)14(10)12/h4-9,18H,1-3H3,(H,17,19). The molecule has 0 unspecified atom stereocenters.